The molecule has 0 unspecified atom stereocenters. The van der Waals surface area contributed by atoms with E-state index >= 15 is 0 Å². The third-order valence-electron chi connectivity index (χ3n) is 5.73. The van der Waals surface area contributed by atoms with Crippen molar-refractivity contribution in [3.63, 3.8) is 0 Å². The number of hydrogen-bond donors (Lipinski definition) is 8. The minimum atomic E-state index is -3.67. The number of carbonyl (C=O) groups is 3. The van der Waals surface area contributed by atoms with E-state index < -0.39 is 36.2 Å². The molecule has 2 rings (SSSR count). The molecule has 0 saturated heterocycles. The van der Waals surface area contributed by atoms with E-state index in [9.17, 15) is 24.6 Å². The van der Waals surface area contributed by atoms with Crippen LogP contribution in [0.5, 0.6) is 0 Å². The summed E-state index contributed by atoms with van der Waals surface area (Å²) < 4.78 is 0. The fourth-order valence-electron chi connectivity index (χ4n) is 3.65. The second kappa shape index (κ2) is 16.6. The number of nitrogens with one attached hydrogen (secondary N) is 2. The fraction of sp³-hybridized carbons (Fsp3) is 0.444. The van der Waals surface area contributed by atoms with Crippen LogP contribution in [0.4, 0.5) is 11.5 Å². The van der Waals surface area contributed by atoms with Gasteiger partial charge in [-0.1, -0.05) is 39.0 Å². The number of aromatic nitrogens is 2. The van der Waals surface area contributed by atoms with Gasteiger partial charge in [0.1, 0.15) is 0 Å². The number of amides is 3. The molecule has 0 fully saturated rings. The molecule has 3 amide bonds. The Labute approximate surface area is 251 Å². The number of aliphatic hydroxyl groups is 5. The minimum Gasteiger partial charge on any atom is -0.364 e. The van der Waals surface area contributed by atoms with Gasteiger partial charge >= 0.3 is 6.10 Å². The normalized spacial score (nSPS) is 11.6. The molecule has 0 spiro atoms. The zero-order valence-corrected chi connectivity index (χ0v) is 24.9. The molecule has 2 radical (unpaired) electrons. The van der Waals surface area contributed by atoms with Crippen LogP contribution in [0.25, 0.3) is 0 Å². The second-order valence-electron chi connectivity index (χ2n) is 9.09. The zero-order valence-electron chi connectivity index (χ0n) is 24.9. The summed E-state index contributed by atoms with van der Waals surface area (Å²) >= 11 is 0. The van der Waals surface area contributed by atoms with Gasteiger partial charge in [0.2, 0.25) is 11.8 Å². The quantitative estimate of drug-likeness (QED) is 0.0705. The Balaban J connectivity index is 0.00000452. The third kappa shape index (κ3) is 12.1. The Morgan fingerprint density at radius 3 is 2.33 bits per heavy atom. The second-order valence-corrected chi connectivity index (χ2v) is 9.09. The van der Waals surface area contributed by atoms with Crippen molar-refractivity contribution in [2.45, 2.75) is 52.4 Å². The number of rotatable bonds is 14. The molecular formula is C27H40BN7O8. The van der Waals surface area contributed by atoms with Crippen molar-refractivity contribution in [1.82, 2.24) is 25.1 Å². The number of aryl methyl sites for hydroxylation is 2. The SMILES string of the molecule is CC.[B]C(O)(O)N(C/C=C/C(=O)N(C)CC(=O)NCCc1cccc(Nc2nc(C)c(CC)nc2C(N)=O)c1)C(O)(O)O. The number of hydrogen-bond acceptors (Lipinski definition) is 12. The van der Waals surface area contributed by atoms with Gasteiger partial charge in [0.15, 0.2) is 25.2 Å². The maximum Gasteiger partial charge on any atom is 0.349 e. The smallest absolute Gasteiger partial charge is 0.349 e. The van der Waals surface area contributed by atoms with Crippen molar-refractivity contribution in [2.24, 2.45) is 5.73 Å². The summed E-state index contributed by atoms with van der Waals surface area (Å²) in [6, 6.07) is 7.24. The fourth-order valence-corrected chi connectivity index (χ4v) is 3.65. The number of nitrogens with two attached hydrogens (primary N) is 1. The Morgan fingerprint density at radius 2 is 1.77 bits per heavy atom. The largest absolute Gasteiger partial charge is 0.364 e. The predicted octanol–water partition coefficient (Wildman–Crippen LogP) is -1.46. The molecule has 1 aromatic carbocycles. The lowest BCUT2D eigenvalue weighted by Gasteiger charge is -2.37. The molecule has 2 aromatic rings. The molecule has 0 aliphatic carbocycles. The van der Waals surface area contributed by atoms with Crippen molar-refractivity contribution in [1.29, 1.82) is 0 Å². The van der Waals surface area contributed by atoms with Crippen molar-refractivity contribution in [3.8, 4) is 0 Å². The predicted molar refractivity (Wildman–Crippen MR) is 158 cm³/mol. The van der Waals surface area contributed by atoms with Gasteiger partial charge in [-0.2, -0.15) is 4.90 Å². The molecule has 1 heterocycles. The summed E-state index contributed by atoms with van der Waals surface area (Å²) in [6.07, 6.45) is -0.731. The molecule has 9 N–H and O–H groups in total. The first-order valence-corrected chi connectivity index (χ1v) is 13.4. The molecule has 1 aromatic heterocycles. The molecule has 15 nitrogen and oxygen atoms in total. The average molecular weight is 601 g/mol. The van der Waals surface area contributed by atoms with Crippen LogP contribution in [0.2, 0.25) is 0 Å². The van der Waals surface area contributed by atoms with E-state index in [1.165, 1.54) is 7.05 Å². The minimum absolute atomic E-state index is 0.0357. The first kappa shape index (κ1) is 37.1. The summed E-state index contributed by atoms with van der Waals surface area (Å²) in [5.74, 6) is -4.88. The molecule has 16 heteroatoms. The Kier molecular flexibility index (Phi) is 14.4. The van der Waals surface area contributed by atoms with Crippen LogP contribution in [-0.2, 0) is 22.4 Å². The monoisotopic (exact) mass is 601 g/mol. The van der Waals surface area contributed by atoms with Gasteiger partial charge in [-0.15, -0.1) is 0 Å². The van der Waals surface area contributed by atoms with Gasteiger partial charge < -0.3 is 46.8 Å². The van der Waals surface area contributed by atoms with Gasteiger partial charge in [-0.25, -0.2) is 9.97 Å². The van der Waals surface area contributed by atoms with Crippen LogP contribution in [0.1, 0.15) is 48.2 Å². The highest BCUT2D eigenvalue weighted by atomic mass is 16.7. The molecule has 0 bridgehead atoms. The number of primary amides is 1. The van der Waals surface area contributed by atoms with E-state index in [1.54, 1.807) is 19.1 Å². The lowest BCUT2D eigenvalue weighted by molar-refractivity contribution is -0.440. The van der Waals surface area contributed by atoms with E-state index in [2.05, 4.69) is 20.6 Å². The summed E-state index contributed by atoms with van der Waals surface area (Å²) in [4.78, 5) is 46.1. The van der Waals surface area contributed by atoms with E-state index in [-0.39, 0.29) is 29.5 Å². The summed E-state index contributed by atoms with van der Waals surface area (Å²) in [6.45, 7) is 6.90. The molecule has 234 valence electrons. The lowest BCUT2D eigenvalue weighted by atomic mass is 10.0. The van der Waals surface area contributed by atoms with E-state index in [1.807, 2.05) is 32.9 Å². The summed E-state index contributed by atoms with van der Waals surface area (Å²) in [5, 5.41) is 51.8. The Hall–Kier alpha value is -3.93. The topological polar surface area (TPSA) is 235 Å². The van der Waals surface area contributed by atoms with Crippen LogP contribution >= 0.6 is 0 Å². The number of nitrogens with zero attached hydrogens (tertiary/aromatic N) is 4. The maximum atomic E-state index is 12.3. The number of anilines is 2. The lowest BCUT2D eigenvalue weighted by Crippen LogP contribution is -2.61. The van der Waals surface area contributed by atoms with Crippen LogP contribution < -0.4 is 16.4 Å². The van der Waals surface area contributed by atoms with Gasteiger partial charge in [0.05, 0.1) is 17.9 Å². The van der Waals surface area contributed by atoms with Gasteiger partial charge in [0.25, 0.3) is 5.91 Å². The van der Waals surface area contributed by atoms with Gasteiger partial charge in [-0.3, -0.25) is 14.4 Å². The maximum absolute atomic E-state index is 12.3. The highest BCUT2D eigenvalue weighted by Crippen LogP contribution is 2.21. The number of carbonyl (C=O) groups excluding carboxylic acids is 3. The van der Waals surface area contributed by atoms with Gasteiger partial charge in [-0.05, 0) is 37.5 Å². The average Bonchev–Trinajstić information content (AvgIpc) is 2.90. The van der Waals surface area contributed by atoms with Crippen molar-refractivity contribution in [2.75, 3.05) is 32.0 Å². The highest BCUT2D eigenvalue weighted by Gasteiger charge is 2.39. The molecule has 0 atom stereocenters. The van der Waals surface area contributed by atoms with Crippen LogP contribution in [0, 0.1) is 6.92 Å². The van der Waals surface area contributed by atoms with Crippen molar-refractivity contribution >= 4 is 37.1 Å². The zero-order chi connectivity index (χ0) is 33.0. The first-order valence-electron chi connectivity index (χ1n) is 13.4. The Morgan fingerprint density at radius 1 is 1.12 bits per heavy atom. The molecule has 0 aliphatic rings. The number of likely N-dealkylation sites (N-methyl/N-ethyl adjacent to an activating group) is 1. The van der Waals surface area contributed by atoms with Gasteiger partial charge in [0, 0.05) is 31.9 Å². The molecule has 43 heavy (non-hydrogen) atoms. The molecule has 0 aliphatic heterocycles. The van der Waals surface area contributed by atoms with Crippen molar-refractivity contribution in [3.05, 3.63) is 59.1 Å². The highest BCUT2D eigenvalue weighted by molar-refractivity contribution is 6.12. The van der Waals surface area contributed by atoms with E-state index in [0.29, 0.717) is 29.9 Å². The molecular weight excluding hydrogens is 561 g/mol. The third-order valence-corrected chi connectivity index (χ3v) is 5.73. The van der Waals surface area contributed by atoms with Crippen LogP contribution in [0.15, 0.2) is 36.4 Å². The van der Waals surface area contributed by atoms with Crippen molar-refractivity contribution < 1.29 is 39.9 Å². The Bertz CT molecular complexity index is 1260. The van der Waals surface area contributed by atoms with Crippen LogP contribution in [0.3, 0.4) is 0 Å². The van der Waals surface area contributed by atoms with Crippen LogP contribution in [-0.4, -0.2) is 109 Å². The number of benzene rings is 1. The summed E-state index contributed by atoms with van der Waals surface area (Å²) in [7, 11) is 6.27. The standard InChI is InChI=1S/C25H34BN7O8.C2H6/c1-4-18-15(2)29-23(21(31-18)22(27)36)30-17-8-5-7-16(13-17)10-11-28-19(34)14-32(3)20(35)9-6-12-33(24(26,37)38)25(39,40)41;1-2/h5-9,13,37-41H,4,10-12,14H2,1-3H3,(H2,27,36)(H,28,34)(H,29,30);1-2H3/b9-6+;. The van der Waals surface area contributed by atoms with E-state index in [4.69, 9.17) is 28.9 Å². The molecule has 0 saturated carbocycles. The van der Waals surface area contributed by atoms with E-state index in [0.717, 1.165) is 22.6 Å². The first-order chi connectivity index (χ1) is 20.0. The summed E-state index contributed by atoms with van der Waals surface area (Å²) in [5.41, 5.74) is 8.37.